The molecular weight excluding hydrogens is 378 g/mol. The predicted molar refractivity (Wildman–Crippen MR) is 78.2 cm³/mol. The van der Waals surface area contributed by atoms with E-state index in [-0.39, 0.29) is 0 Å². The van der Waals surface area contributed by atoms with Gasteiger partial charge >= 0.3 is 6.16 Å². The molecule has 0 radical (unpaired) electrons. The van der Waals surface area contributed by atoms with Gasteiger partial charge in [-0.15, -0.1) is 0 Å². The van der Waals surface area contributed by atoms with Crippen molar-refractivity contribution in [1.82, 2.24) is 0 Å². The Labute approximate surface area is 152 Å². The number of nitrogens with two attached hydrogens (primary N) is 1. The molecule has 2 aliphatic heterocycles. The zero-order valence-electron chi connectivity index (χ0n) is 13.9. The highest BCUT2D eigenvalue weighted by Crippen LogP contribution is 2.35. The van der Waals surface area contributed by atoms with Crippen LogP contribution in [0.15, 0.2) is 0 Å². The Bertz CT molecular complexity index is 509. The number of rotatable bonds is 6. The maximum atomic E-state index is 10.9. The molecule has 0 saturated carbocycles. The lowest BCUT2D eigenvalue weighted by molar-refractivity contribution is -0.383. The monoisotopic (exact) mass is 401 g/mol. The number of hydrogen-bond acceptors (Lipinski definition) is 14. The van der Waals surface area contributed by atoms with Gasteiger partial charge in [0.15, 0.2) is 6.29 Å². The van der Waals surface area contributed by atoms with Crippen molar-refractivity contribution in [2.75, 3.05) is 19.8 Å². The third-order valence-electron chi connectivity index (χ3n) is 4.35. The molecule has 158 valence electrons. The van der Waals surface area contributed by atoms with Crippen LogP contribution in [0.2, 0.25) is 0 Å². The molecule has 9 N–H and O–H groups in total. The summed E-state index contributed by atoms with van der Waals surface area (Å²) >= 11 is 0. The summed E-state index contributed by atoms with van der Waals surface area (Å²) in [4.78, 5) is 14.7. The summed E-state index contributed by atoms with van der Waals surface area (Å²) in [6.45, 7) is -2.39. The minimum Gasteiger partial charge on any atom is -0.430 e. The van der Waals surface area contributed by atoms with E-state index >= 15 is 0 Å². The molecule has 0 aromatic rings. The van der Waals surface area contributed by atoms with Crippen molar-refractivity contribution in [1.29, 1.82) is 0 Å². The first-order chi connectivity index (χ1) is 12.7. The number of carbonyl (C=O) groups is 1. The lowest BCUT2D eigenvalue weighted by Gasteiger charge is -2.43. The van der Waals surface area contributed by atoms with Gasteiger partial charge in [-0.25, -0.2) is 4.79 Å². The fourth-order valence-corrected chi connectivity index (χ4v) is 2.80. The fraction of sp³-hybridized carbons (Fsp3) is 0.923. The van der Waals surface area contributed by atoms with Crippen LogP contribution < -0.4 is 5.90 Å². The molecule has 0 aromatic heterocycles. The van der Waals surface area contributed by atoms with Crippen LogP contribution in [0.3, 0.4) is 0 Å². The molecule has 2 rings (SSSR count). The average Bonchev–Trinajstić information content (AvgIpc) is 2.92. The standard InChI is InChI=1S/C13H23NO13/c14-27-12(22)23-2-5-6(17)8(19)9(20)11(24-5)26-13(3-16)10(21)7(18)4(1-15)25-13/h4-11,15-21H,1-3,14H2/t4-,5-,6-,7-,8+,9-,10+,11-,13+/m1/s1. The van der Waals surface area contributed by atoms with Crippen molar-refractivity contribution in [3.05, 3.63) is 0 Å². The third-order valence-corrected chi connectivity index (χ3v) is 4.35. The molecule has 2 fully saturated rings. The van der Waals surface area contributed by atoms with Crippen molar-refractivity contribution in [3.63, 3.8) is 0 Å². The number of aliphatic hydroxyl groups excluding tert-OH is 7. The second-order valence-electron chi connectivity index (χ2n) is 6.06. The smallest absolute Gasteiger partial charge is 0.430 e. The van der Waals surface area contributed by atoms with Crippen molar-refractivity contribution in [2.24, 2.45) is 5.90 Å². The fourth-order valence-electron chi connectivity index (χ4n) is 2.80. The highest BCUT2D eigenvalue weighted by molar-refractivity contribution is 5.59. The third kappa shape index (κ3) is 4.30. The van der Waals surface area contributed by atoms with Gasteiger partial charge in [0.05, 0.1) is 6.61 Å². The van der Waals surface area contributed by atoms with Gasteiger partial charge < -0.3 is 59.5 Å². The first-order valence-electron chi connectivity index (χ1n) is 7.87. The van der Waals surface area contributed by atoms with E-state index in [9.17, 15) is 35.4 Å². The average molecular weight is 401 g/mol. The number of hydrogen-bond donors (Lipinski definition) is 8. The lowest BCUT2D eigenvalue weighted by atomic mass is 9.99. The van der Waals surface area contributed by atoms with Crippen molar-refractivity contribution in [3.8, 4) is 0 Å². The van der Waals surface area contributed by atoms with E-state index in [1.165, 1.54) is 0 Å². The first-order valence-corrected chi connectivity index (χ1v) is 7.87. The molecule has 2 aliphatic rings. The zero-order valence-corrected chi connectivity index (χ0v) is 13.9. The van der Waals surface area contributed by atoms with E-state index in [1.54, 1.807) is 0 Å². The molecule has 9 atom stereocenters. The predicted octanol–water partition coefficient (Wildman–Crippen LogP) is -5.36. The van der Waals surface area contributed by atoms with Gasteiger partial charge in [-0.05, 0) is 0 Å². The molecular formula is C13H23NO13. The van der Waals surface area contributed by atoms with Crippen LogP contribution in [0.5, 0.6) is 0 Å². The number of carbonyl (C=O) groups excluding carboxylic acids is 1. The molecule has 0 bridgehead atoms. The van der Waals surface area contributed by atoms with Crippen LogP contribution in [0, 0.1) is 0 Å². The maximum absolute atomic E-state index is 10.9. The summed E-state index contributed by atoms with van der Waals surface area (Å²) in [6.07, 6.45) is -14.7. The van der Waals surface area contributed by atoms with Crippen LogP contribution in [0.25, 0.3) is 0 Å². The van der Waals surface area contributed by atoms with Crippen LogP contribution in [-0.2, 0) is 23.8 Å². The first kappa shape index (κ1) is 22.1. The Morgan fingerprint density at radius 2 is 1.67 bits per heavy atom. The van der Waals surface area contributed by atoms with E-state index in [4.69, 9.17) is 19.3 Å². The topological polar surface area (TPSA) is 231 Å². The summed E-state index contributed by atoms with van der Waals surface area (Å²) in [7, 11) is 0. The Morgan fingerprint density at radius 3 is 2.19 bits per heavy atom. The van der Waals surface area contributed by atoms with E-state index < -0.39 is 80.8 Å². The second-order valence-corrected chi connectivity index (χ2v) is 6.06. The largest absolute Gasteiger partial charge is 0.527 e. The Hall–Kier alpha value is -1.17. The van der Waals surface area contributed by atoms with Gasteiger partial charge in [-0.3, -0.25) is 0 Å². The zero-order chi connectivity index (χ0) is 20.4. The van der Waals surface area contributed by atoms with E-state index in [0.29, 0.717) is 0 Å². The van der Waals surface area contributed by atoms with Crippen molar-refractivity contribution < 1.29 is 64.3 Å². The van der Waals surface area contributed by atoms with Crippen LogP contribution >= 0.6 is 0 Å². The summed E-state index contributed by atoms with van der Waals surface area (Å²) in [5, 5.41) is 68.6. The molecule has 2 heterocycles. The minimum atomic E-state index is -2.30. The van der Waals surface area contributed by atoms with Gasteiger partial charge in [0.25, 0.3) is 0 Å². The Balaban J connectivity index is 2.14. The molecule has 0 amide bonds. The van der Waals surface area contributed by atoms with Gasteiger partial charge in [-0.1, -0.05) is 0 Å². The highest BCUT2D eigenvalue weighted by Gasteiger charge is 2.58. The van der Waals surface area contributed by atoms with Gasteiger partial charge in [-0.2, -0.15) is 5.90 Å². The summed E-state index contributed by atoms with van der Waals surface area (Å²) in [6, 6.07) is 0. The van der Waals surface area contributed by atoms with Crippen molar-refractivity contribution in [2.45, 2.75) is 54.8 Å². The van der Waals surface area contributed by atoms with Crippen LogP contribution in [0.1, 0.15) is 0 Å². The van der Waals surface area contributed by atoms with E-state index in [0.717, 1.165) is 0 Å². The highest BCUT2D eigenvalue weighted by atomic mass is 16.8. The molecule has 14 heteroatoms. The molecule has 0 spiro atoms. The second kappa shape index (κ2) is 8.89. The quantitative estimate of drug-likeness (QED) is 0.153. The number of aliphatic hydroxyl groups is 7. The summed E-state index contributed by atoms with van der Waals surface area (Å²) in [5.74, 6) is 2.29. The van der Waals surface area contributed by atoms with Crippen LogP contribution in [0.4, 0.5) is 4.79 Å². The normalized spacial score (nSPS) is 44.9. The lowest BCUT2D eigenvalue weighted by Crippen LogP contribution is -2.62. The van der Waals surface area contributed by atoms with Gasteiger partial charge in [0.1, 0.15) is 55.9 Å². The van der Waals surface area contributed by atoms with Crippen LogP contribution in [-0.4, -0.2) is 117 Å². The molecule has 0 unspecified atom stereocenters. The van der Waals surface area contributed by atoms with E-state index in [1.807, 2.05) is 0 Å². The maximum Gasteiger partial charge on any atom is 0.527 e. The molecule has 14 nitrogen and oxygen atoms in total. The Kier molecular flexibility index (Phi) is 7.28. The molecule has 0 aliphatic carbocycles. The van der Waals surface area contributed by atoms with E-state index in [2.05, 4.69) is 15.5 Å². The summed E-state index contributed by atoms with van der Waals surface area (Å²) < 4.78 is 20.1. The van der Waals surface area contributed by atoms with Gasteiger partial charge in [0, 0.05) is 0 Å². The van der Waals surface area contributed by atoms with Crippen molar-refractivity contribution >= 4 is 6.16 Å². The number of ether oxygens (including phenoxy) is 4. The molecule has 0 aromatic carbocycles. The summed E-state index contributed by atoms with van der Waals surface area (Å²) in [5.41, 5.74) is 0. The van der Waals surface area contributed by atoms with Gasteiger partial charge in [0.2, 0.25) is 5.79 Å². The minimum absolute atomic E-state index is 0.654. The Morgan fingerprint density at radius 1 is 1.00 bits per heavy atom. The molecule has 2 saturated heterocycles. The SMILES string of the molecule is NOC(=O)OC[C@H]1O[C@H](O[C@]2(CO)O[C@H](CO)[C@@H](O)[C@@H]2O)[C@H](O)[C@@H](O)[C@@H]1O. The molecule has 27 heavy (non-hydrogen) atoms.